The first kappa shape index (κ1) is 21.3. The standard InChI is InChI=1S/C24H29N5O4/c1-15(22-14-32-18-6-4-5-7-19(18)33-22)28-8-10-29(11-9-28)24-26-17-13-21(31-3)20(30-2)12-16(17)23(25)27-24/h4-7,12-13,22,24,26H,1,8-11,14H2,2-3H3,(H2,25,27). The molecule has 3 aliphatic heterocycles. The van der Waals surface area contributed by atoms with Gasteiger partial charge in [-0.2, -0.15) is 0 Å². The molecule has 9 nitrogen and oxygen atoms in total. The van der Waals surface area contributed by atoms with Gasteiger partial charge in [0.05, 0.1) is 25.6 Å². The number of nitrogens with zero attached hydrogens (tertiary/aromatic N) is 3. The van der Waals surface area contributed by atoms with Crippen LogP contribution in [0.1, 0.15) is 5.56 Å². The fourth-order valence-corrected chi connectivity index (χ4v) is 4.40. The number of amidine groups is 1. The summed E-state index contributed by atoms with van der Waals surface area (Å²) >= 11 is 0. The maximum Gasteiger partial charge on any atom is 0.178 e. The number of nitrogens with one attached hydrogen (secondary N) is 1. The van der Waals surface area contributed by atoms with E-state index in [0.29, 0.717) is 23.9 Å². The van der Waals surface area contributed by atoms with Crippen molar-refractivity contribution in [2.45, 2.75) is 12.4 Å². The molecule has 1 fully saturated rings. The van der Waals surface area contributed by atoms with Crippen molar-refractivity contribution in [1.82, 2.24) is 9.80 Å². The van der Waals surface area contributed by atoms with Gasteiger partial charge in [-0.1, -0.05) is 18.7 Å². The molecular weight excluding hydrogens is 422 g/mol. The van der Waals surface area contributed by atoms with E-state index in [1.165, 1.54) is 0 Å². The lowest BCUT2D eigenvalue weighted by molar-refractivity contribution is 0.0694. The molecule has 1 saturated heterocycles. The number of rotatable bonds is 5. The maximum absolute atomic E-state index is 6.30. The predicted octanol–water partition coefficient (Wildman–Crippen LogP) is 2.09. The smallest absolute Gasteiger partial charge is 0.178 e. The number of piperazine rings is 1. The summed E-state index contributed by atoms with van der Waals surface area (Å²) < 4.78 is 22.8. The molecule has 0 bridgehead atoms. The molecule has 0 amide bonds. The summed E-state index contributed by atoms with van der Waals surface area (Å²) in [5.74, 6) is 3.29. The number of nitrogens with two attached hydrogens (primary N) is 1. The molecule has 0 aromatic heterocycles. The highest BCUT2D eigenvalue weighted by Crippen LogP contribution is 2.36. The van der Waals surface area contributed by atoms with E-state index in [2.05, 4.69) is 21.7 Å². The summed E-state index contributed by atoms with van der Waals surface area (Å²) in [6, 6.07) is 11.5. The Labute approximate surface area is 193 Å². The lowest BCUT2D eigenvalue weighted by Crippen LogP contribution is -2.54. The van der Waals surface area contributed by atoms with Crippen molar-refractivity contribution >= 4 is 11.5 Å². The van der Waals surface area contributed by atoms with E-state index in [9.17, 15) is 0 Å². The Morgan fingerprint density at radius 1 is 1.09 bits per heavy atom. The van der Waals surface area contributed by atoms with Gasteiger partial charge in [0.2, 0.25) is 0 Å². The van der Waals surface area contributed by atoms with Gasteiger partial charge in [-0.05, 0) is 18.2 Å². The molecule has 2 atom stereocenters. The topological polar surface area (TPSA) is 93.8 Å². The van der Waals surface area contributed by atoms with E-state index in [4.69, 9.17) is 29.7 Å². The van der Waals surface area contributed by atoms with Crippen LogP contribution in [-0.4, -0.2) is 75.0 Å². The zero-order valence-corrected chi connectivity index (χ0v) is 18.9. The zero-order chi connectivity index (χ0) is 22.9. The summed E-state index contributed by atoms with van der Waals surface area (Å²) in [6.07, 6.45) is -0.436. The highest BCUT2D eigenvalue weighted by molar-refractivity contribution is 6.04. The molecule has 2 aromatic carbocycles. The lowest BCUT2D eigenvalue weighted by Gasteiger charge is -2.42. The highest BCUT2D eigenvalue weighted by atomic mass is 16.6. The van der Waals surface area contributed by atoms with Gasteiger partial charge in [-0.3, -0.25) is 4.90 Å². The Morgan fingerprint density at radius 3 is 2.52 bits per heavy atom. The molecule has 2 aromatic rings. The van der Waals surface area contributed by atoms with Crippen molar-refractivity contribution in [2.75, 3.05) is 52.3 Å². The van der Waals surface area contributed by atoms with E-state index in [-0.39, 0.29) is 12.4 Å². The van der Waals surface area contributed by atoms with E-state index in [1.54, 1.807) is 14.2 Å². The first-order valence-electron chi connectivity index (χ1n) is 11.0. The third-order valence-electron chi connectivity index (χ3n) is 6.29. The Morgan fingerprint density at radius 2 is 1.79 bits per heavy atom. The quantitative estimate of drug-likeness (QED) is 0.714. The first-order valence-corrected chi connectivity index (χ1v) is 11.0. The predicted molar refractivity (Wildman–Crippen MR) is 126 cm³/mol. The summed E-state index contributed by atoms with van der Waals surface area (Å²) in [5.41, 5.74) is 8.93. The van der Waals surface area contributed by atoms with Gasteiger partial charge in [0.15, 0.2) is 35.4 Å². The Kier molecular flexibility index (Phi) is 5.63. The fraction of sp³-hybridized carbons (Fsp3) is 0.375. The molecule has 3 N–H and O–H groups in total. The third-order valence-corrected chi connectivity index (χ3v) is 6.29. The Hall–Kier alpha value is -3.59. The van der Waals surface area contributed by atoms with Crippen LogP contribution in [0.3, 0.4) is 0 Å². The molecule has 174 valence electrons. The van der Waals surface area contributed by atoms with Crippen LogP contribution < -0.4 is 30.0 Å². The van der Waals surface area contributed by atoms with E-state index < -0.39 is 0 Å². The molecule has 0 saturated carbocycles. The summed E-state index contributed by atoms with van der Waals surface area (Å²) in [6.45, 7) is 8.00. The van der Waals surface area contributed by atoms with Crippen LogP contribution in [0.2, 0.25) is 0 Å². The van der Waals surface area contributed by atoms with Crippen molar-refractivity contribution in [3.8, 4) is 23.0 Å². The van der Waals surface area contributed by atoms with E-state index in [0.717, 1.165) is 54.6 Å². The SMILES string of the molecule is C=C(C1COc2ccccc2O1)N1CCN(C2N=C(N)c3cc(OC)c(OC)cc3N2)CC1. The van der Waals surface area contributed by atoms with Crippen LogP contribution >= 0.6 is 0 Å². The van der Waals surface area contributed by atoms with Gasteiger partial charge < -0.3 is 34.9 Å². The highest BCUT2D eigenvalue weighted by Gasteiger charge is 2.32. The molecule has 5 rings (SSSR count). The monoisotopic (exact) mass is 451 g/mol. The van der Waals surface area contributed by atoms with Crippen LogP contribution in [0, 0.1) is 0 Å². The second-order valence-electron chi connectivity index (χ2n) is 8.16. The number of hydrogen-bond acceptors (Lipinski definition) is 9. The van der Waals surface area contributed by atoms with Crippen molar-refractivity contribution in [2.24, 2.45) is 10.7 Å². The van der Waals surface area contributed by atoms with Crippen molar-refractivity contribution in [3.63, 3.8) is 0 Å². The van der Waals surface area contributed by atoms with E-state index in [1.807, 2.05) is 36.4 Å². The van der Waals surface area contributed by atoms with Crippen LogP contribution in [0.25, 0.3) is 0 Å². The van der Waals surface area contributed by atoms with Gasteiger partial charge in [0.25, 0.3) is 0 Å². The number of benzene rings is 2. The van der Waals surface area contributed by atoms with Gasteiger partial charge in [0.1, 0.15) is 12.4 Å². The number of anilines is 1. The Bertz CT molecular complexity index is 1080. The molecule has 0 aliphatic carbocycles. The normalized spacial score (nSPS) is 22.0. The summed E-state index contributed by atoms with van der Waals surface area (Å²) in [4.78, 5) is 9.22. The minimum Gasteiger partial charge on any atom is -0.493 e. The minimum absolute atomic E-state index is 0.192. The average molecular weight is 452 g/mol. The number of hydrogen-bond donors (Lipinski definition) is 2. The number of methoxy groups -OCH3 is 2. The molecule has 2 unspecified atom stereocenters. The van der Waals surface area contributed by atoms with Crippen molar-refractivity contribution < 1.29 is 18.9 Å². The van der Waals surface area contributed by atoms with Crippen molar-refractivity contribution in [1.29, 1.82) is 0 Å². The van der Waals surface area contributed by atoms with Crippen LogP contribution in [-0.2, 0) is 0 Å². The number of aliphatic imine (C=N–C) groups is 1. The van der Waals surface area contributed by atoms with Crippen LogP contribution in [0.4, 0.5) is 5.69 Å². The lowest BCUT2D eigenvalue weighted by atomic mass is 10.1. The molecule has 0 spiro atoms. The third kappa shape index (κ3) is 4.00. The van der Waals surface area contributed by atoms with Crippen molar-refractivity contribution in [3.05, 3.63) is 54.2 Å². The van der Waals surface area contributed by atoms with Crippen LogP contribution in [0.15, 0.2) is 53.7 Å². The minimum atomic E-state index is -0.243. The van der Waals surface area contributed by atoms with Crippen LogP contribution in [0.5, 0.6) is 23.0 Å². The van der Waals surface area contributed by atoms with Gasteiger partial charge in [0, 0.05) is 37.8 Å². The fourth-order valence-electron chi connectivity index (χ4n) is 4.40. The van der Waals surface area contributed by atoms with Gasteiger partial charge >= 0.3 is 0 Å². The summed E-state index contributed by atoms with van der Waals surface area (Å²) in [7, 11) is 3.22. The zero-order valence-electron chi connectivity index (χ0n) is 18.9. The average Bonchev–Trinajstić information content (AvgIpc) is 2.87. The van der Waals surface area contributed by atoms with E-state index >= 15 is 0 Å². The first-order chi connectivity index (χ1) is 16.1. The summed E-state index contributed by atoms with van der Waals surface area (Å²) in [5, 5.41) is 3.48. The molecule has 9 heteroatoms. The molecular formula is C24H29N5O4. The second-order valence-corrected chi connectivity index (χ2v) is 8.16. The number of para-hydroxylation sites is 2. The molecule has 33 heavy (non-hydrogen) atoms. The molecule has 3 heterocycles. The Balaban J connectivity index is 1.22. The van der Waals surface area contributed by atoms with Gasteiger partial charge in [-0.15, -0.1) is 0 Å². The largest absolute Gasteiger partial charge is 0.493 e. The number of ether oxygens (including phenoxy) is 4. The van der Waals surface area contributed by atoms with Gasteiger partial charge in [-0.25, -0.2) is 4.99 Å². The second kappa shape index (κ2) is 8.74. The maximum atomic E-state index is 6.30. The number of fused-ring (bicyclic) bond motifs is 2. The molecule has 3 aliphatic rings. The molecule has 0 radical (unpaired) electrons.